The Bertz CT molecular complexity index is 1170. The lowest BCUT2D eigenvalue weighted by atomic mass is 10.1. The van der Waals surface area contributed by atoms with Crippen molar-refractivity contribution >= 4 is 39.9 Å². The Kier molecular flexibility index (Phi) is 3.27. The molecule has 1 fully saturated rings. The molecular formula is C18H13ClFN5O. The van der Waals surface area contributed by atoms with Gasteiger partial charge in [0.2, 0.25) is 5.91 Å². The predicted molar refractivity (Wildman–Crippen MR) is 96.9 cm³/mol. The number of nitrogens with zero attached hydrogens (tertiary/aromatic N) is 3. The molecule has 6 nitrogen and oxygen atoms in total. The number of aromatic amines is 1. The third-order valence-electron chi connectivity index (χ3n) is 4.60. The molecule has 5 rings (SSSR count). The lowest BCUT2D eigenvalue weighted by Gasteiger charge is -2.05. The minimum Gasteiger partial charge on any atom is -0.346 e. The van der Waals surface area contributed by atoms with E-state index in [0.29, 0.717) is 10.8 Å². The summed E-state index contributed by atoms with van der Waals surface area (Å²) in [6, 6.07) is 7.42. The van der Waals surface area contributed by atoms with Crippen molar-refractivity contribution in [2.24, 2.45) is 5.92 Å². The van der Waals surface area contributed by atoms with Gasteiger partial charge in [-0.15, -0.1) is 0 Å². The Balaban J connectivity index is 1.50. The second-order valence-electron chi connectivity index (χ2n) is 6.39. The molecule has 0 aliphatic heterocycles. The minimum absolute atomic E-state index is 0.288. The maximum atomic E-state index is 13.0. The van der Waals surface area contributed by atoms with Crippen LogP contribution in [0.3, 0.4) is 0 Å². The number of amides is 1. The highest BCUT2D eigenvalue weighted by Crippen LogP contribution is 2.35. The molecule has 0 bridgehead atoms. The van der Waals surface area contributed by atoms with Gasteiger partial charge in [0.25, 0.3) is 0 Å². The topological polar surface area (TPSA) is 75.1 Å². The number of alkyl halides is 1. The van der Waals surface area contributed by atoms with Crippen LogP contribution in [-0.2, 0) is 4.79 Å². The zero-order chi connectivity index (χ0) is 17.8. The van der Waals surface area contributed by atoms with E-state index in [1.54, 1.807) is 29.2 Å². The van der Waals surface area contributed by atoms with Crippen LogP contribution in [0.4, 0.5) is 10.2 Å². The van der Waals surface area contributed by atoms with Crippen molar-refractivity contribution in [3.05, 3.63) is 47.9 Å². The van der Waals surface area contributed by atoms with Crippen LogP contribution >= 0.6 is 11.6 Å². The smallest absolute Gasteiger partial charge is 0.231 e. The normalized spacial score (nSPS) is 19.2. The van der Waals surface area contributed by atoms with E-state index in [0.717, 1.165) is 27.7 Å². The Morgan fingerprint density at radius 2 is 2.23 bits per heavy atom. The van der Waals surface area contributed by atoms with E-state index in [9.17, 15) is 9.18 Å². The molecule has 0 spiro atoms. The molecule has 1 aliphatic rings. The number of carbonyl (C=O) groups excluding carboxylic acids is 1. The van der Waals surface area contributed by atoms with Crippen LogP contribution in [0, 0.1) is 5.92 Å². The van der Waals surface area contributed by atoms with Crippen molar-refractivity contribution in [1.29, 1.82) is 0 Å². The first kappa shape index (κ1) is 15.3. The van der Waals surface area contributed by atoms with Gasteiger partial charge in [0.15, 0.2) is 5.82 Å². The number of hydrogen-bond acceptors (Lipinski definition) is 3. The number of carbonyl (C=O) groups is 1. The van der Waals surface area contributed by atoms with Gasteiger partial charge in [-0.2, -0.15) is 5.10 Å². The molecule has 2 N–H and O–H groups in total. The first-order chi connectivity index (χ1) is 12.6. The second-order valence-corrected chi connectivity index (χ2v) is 6.77. The highest BCUT2D eigenvalue weighted by Gasteiger charge is 2.43. The zero-order valence-corrected chi connectivity index (χ0v) is 14.2. The zero-order valence-electron chi connectivity index (χ0n) is 13.4. The van der Waals surface area contributed by atoms with E-state index in [2.05, 4.69) is 20.4 Å². The van der Waals surface area contributed by atoms with E-state index in [4.69, 9.17) is 11.6 Å². The molecule has 0 saturated heterocycles. The number of hydrogen-bond donors (Lipinski definition) is 2. The number of anilines is 1. The summed E-state index contributed by atoms with van der Waals surface area (Å²) in [6.45, 7) is 0. The van der Waals surface area contributed by atoms with Crippen molar-refractivity contribution in [2.45, 2.75) is 12.6 Å². The summed E-state index contributed by atoms with van der Waals surface area (Å²) in [7, 11) is 0. The summed E-state index contributed by atoms with van der Waals surface area (Å²) in [4.78, 5) is 19.3. The molecular weight excluding hydrogens is 357 g/mol. The molecule has 4 aromatic rings. The number of H-pyrrole nitrogens is 1. The number of halogens is 2. The van der Waals surface area contributed by atoms with E-state index < -0.39 is 12.1 Å². The van der Waals surface area contributed by atoms with E-state index in [-0.39, 0.29) is 12.3 Å². The number of fused-ring (bicyclic) bond motifs is 2. The van der Waals surface area contributed by atoms with Gasteiger partial charge in [0.1, 0.15) is 11.8 Å². The highest BCUT2D eigenvalue weighted by molar-refractivity contribution is 6.38. The maximum Gasteiger partial charge on any atom is 0.231 e. The molecule has 4 heterocycles. The van der Waals surface area contributed by atoms with Gasteiger partial charge >= 0.3 is 0 Å². The molecule has 0 radical (unpaired) electrons. The van der Waals surface area contributed by atoms with Crippen molar-refractivity contribution in [1.82, 2.24) is 19.6 Å². The molecule has 4 aromatic heterocycles. The molecule has 1 saturated carbocycles. The number of aromatic nitrogens is 4. The summed E-state index contributed by atoms with van der Waals surface area (Å²) in [5.41, 5.74) is 3.23. The van der Waals surface area contributed by atoms with E-state index in [1.165, 1.54) is 0 Å². The van der Waals surface area contributed by atoms with Crippen molar-refractivity contribution in [3.63, 3.8) is 0 Å². The molecule has 8 heteroatoms. The molecule has 0 unspecified atom stereocenters. The van der Waals surface area contributed by atoms with Crippen LogP contribution in [0.1, 0.15) is 6.42 Å². The summed E-state index contributed by atoms with van der Waals surface area (Å²) in [5, 5.41) is 8.44. The third kappa shape index (κ3) is 2.43. The average molecular weight is 370 g/mol. The summed E-state index contributed by atoms with van der Waals surface area (Å²) in [5.74, 6) is -0.476. The predicted octanol–water partition coefficient (Wildman–Crippen LogP) is 3.83. The third-order valence-corrected chi connectivity index (χ3v) is 5.00. The van der Waals surface area contributed by atoms with Gasteiger partial charge < -0.3 is 10.3 Å². The first-order valence-corrected chi connectivity index (χ1v) is 8.54. The fourth-order valence-electron chi connectivity index (χ4n) is 3.05. The van der Waals surface area contributed by atoms with Crippen LogP contribution in [0.15, 0.2) is 42.9 Å². The largest absolute Gasteiger partial charge is 0.346 e. The van der Waals surface area contributed by atoms with Gasteiger partial charge in [0.05, 0.1) is 16.5 Å². The molecule has 0 aromatic carbocycles. The van der Waals surface area contributed by atoms with Gasteiger partial charge in [0, 0.05) is 35.6 Å². The fraction of sp³-hybridized carbons (Fsp3) is 0.167. The Hall–Kier alpha value is -2.93. The average Bonchev–Trinajstić information content (AvgIpc) is 3.03. The molecule has 1 amide bonds. The van der Waals surface area contributed by atoms with E-state index >= 15 is 0 Å². The van der Waals surface area contributed by atoms with Crippen LogP contribution in [0.5, 0.6) is 0 Å². The Morgan fingerprint density at radius 1 is 1.38 bits per heavy atom. The SMILES string of the molecule is O=C(Nc1cc2cc(-c3cnc4[nH]ccc4c3Cl)ccn2n1)[C@@H]1C[C@H]1F. The maximum absolute atomic E-state index is 13.0. The molecule has 1 aliphatic carbocycles. The van der Waals surface area contributed by atoms with Crippen molar-refractivity contribution in [3.8, 4) is 11.1 Å². The van der Waals surface area contributed by atoms with Crippen molar-refractivity contribution < 1.29 is 9.18 Å². The number of pyridine rings is 2. The standard InChI is InChI=1S/C18H13ClFN5O/c19-16-11-1-3-21-17(11)22-8-13(16)9-2-4-25-10(5-9)6-15(24-25)23-18(26)12-7-14(12)20/h1-6,8,12,14H,7H2,(H,21,22)(H,23,24,26)/t12-,14-/m1/s1. The monoisotopic (exact) mass is 369 g/mol. The highest BCUT2D eigenvalue weighted by atomic mass is 35.5. The summed E-state index contributed by atoms with van der Waals surface area (Å²) in [6.07, 6.45) is 4.56. The van der Waals surface area contributed by atoms with Crippen LogP contribution < -0.4 is 5.32 Å². The lowest BCUT2D eigenvalue weighted by molar-refractivity contribution is -0.117. The minimum atomic E-state index is -1.03. The Labute approximate surface area is 152 Å². The summed E-state index contributed by atoms with van der Waals surface area (Å²) >= 11 is 6.52. The molecule has 2 atom stereocenters. The summed E-state index contributed by atoms with van der Waals surface area (Å²) < 4.78 is 14.6. The fourth-order valence-corrected chi connectivity index (χ4v) is 3.36. The second kappa shape index (κ2) is 5.54. The van der Waals surface area contributed by atoms with Gasteiger partial charge in [-0.1, -0.05) is 11.6 Å². The quantitative estimate of drug-likeness (QED) is 0.576. The molecule has 26 heavy (non-hydrogen) atoms. The lowest BCUT2D eigenvalue weighted by Crippen LogP contribution is -2.15. The van der Waals surface area contributed by atoms with Crippen molar-refractivity contribution in [2.75, 3.05) is 5.32 Å². The number of rotatable bonds is 3. The first-order valence-electron chi connectivity index (χ1n) is 8.16. The van der Waals surface area contributed by atoms with Crippen LogP contribution in [-0.4, -0.2) is 31.7 Å². The van der Waals surface area contributed by atoms with Gasteiger partial charge in [-0.3, -0.25) is 4.79 Å². The van der Waals surface area contributed by atoms with Gasteiger partial charge in [-0.05, 0) is 30.2 Å². The van der Waals surface area contributed by atoms with Crippen LogP contribution in [0.25, 0.3) is 27.7 Å². The Morgan fingerprint density at radius 3 is 3.04 bits per heavy atom. The molecule has 130 valence electrons. The van der Waals surface area contributed by atoms with Crippen LogP contribution in [0.2, 0.25) is 5.02 Å². The van der Waals surface area contributed by atoms with E-state index in [1.807, 2.05) is 18.2 Å². The van der Waals surface area contributed by atoms with Gasteiger partial charge in [-0.25, -0.2) is 13.9 Å². The number of nitrogens with one attached hydrogen (secondary N) is 2.